The summed E-state index contributed by atoms with van der Waals surface area (Å²) in [6, 6.07) is 5.65. The van der Waals surface area contributed by atoms with E-state index < -0.39 is 0 Å². The van der Waals surface area contributed by atoms with E-state index in [1.807, 2.05) is 34.7 Å². The summed E-state index contributed by atoms with van der Waals surface area (Å²) in [6.45, 7) is 4.41. The molecule has 1 unspecified atom stereocenters. The van der Waals surface area contributed by atoms with E-state index in [1.54, 1.807) is 6.07 Å². The summed E-state index contributed by atoms with van der Waals surface area (Å²) in [4.78, 5) is 12.7. The molecular formula is C12H15IN2O3. The number of hydrogen-bond acceptors (Lipinski definition) is 4. The average molecular weight is 362 g/mol. The number of ether oxygens (including phenoxy) is 1. The number of anilines is 1. The van der Waals surface area contributed by atoms with E-state index in [0.29, 0.717) is 16.2 Å². The maximum Gasteiger partial charge on any atom is 0.282 e. The van der Waals surface area contributed by atoms with E-state index in [0.717, 1.165) is 25.3 Å². The van der Waals surface area contributed by atoms with Gasteiger partial charge in [0.1, 0.15) is 0 Å². The second-order valence-corrected chi connectivity index (χ2v) is 5.39. The normalized spacial score (nSPS) is 19.9. The van der Waals surface area contributed by atoms with Gasteiger partial charge in [0.05, 0.1) is 27.7 Å². The topological polar surface area (TPSA) is 55.6 Å². The van der Waals surface area contributed by atoms with Crippen molar-refractivity contribution in [3.8, 4) is 0 Å². The molecule has 0 saturated carbocycles. The Labute approximate surface area is 119 Å². The van der Waals surface area contributed by atoms with Gasteiger partial charge in [0.15, 0.2) is 0 Å². The second kappa shape index (κ2) is 5.83. The predicted octanol–water partition coefficient (Wildman–Crippen LogP) is 2.81. The molecule has 1 heterocycles. The van der Waals surface area contributed by atoms with Gasteiger partial charge in [0.2, 0.25) is 0 Å². The maximum absolute atomic E-state index is 10.8. The summed E-state index contributed by atoms with van der Waals surface area (Å²) in [5.74, 6) is 0. The van der Waals surface area contributed by atoms with Crippen LogP contribution in [0, 0.1) is 13.7 Å². The van der Waals surface area contributed by atoms with Crippen LogP contribution in [-0.4, -0.2) is 30.7 Å². The Balaban J connectivity index is 2.27. The fourth-order valence-electron chi connectivity index (χ4n) is 2.16. The molecule has 0 N–H and O–H groups in total. The molecule has 0 aliphatic carbocycles. The smallest absolute Gasteiger partial charge is 0.282 e. The minimum Gasteiger partial charge on any atom is -0.377 e. The van der Waals surface area contributed by atoms with Gasteiger partial charge in [-0.05, 0) is 41.1 Å². The molecule has 0 radical (unpaired) electrons. The number of nitro benzene ring substituents is 1. The molecule has 0 amide bonds. The van der Waals surface area contributed by atoms with Crippen molar-refractivity contribution >= 4 is 34.0 Å². The van der Waals surface area contributed by atoms with Crippen LogP contribution in [0.25, 0.3) is 0 Å². The van der Waals surface area contributed by atoms with Crippen molar-refractivity contribution in [1.29, 1.82) is 0 Å². The Morgan fingerprint density at radius 2 is 2.39 bits per heavy atom. The number of nitrogens with zero attached hydrogens (tertiary/aromatic N) is 2. The number of halogens is 1. The molecule has 1 atom stereocenters. The first-order valence-corrected chi connectivity index (χ1v) is 6.99. The van der Waals surface area contributed by atoms with Gasteiger partial charge in [-0.25, -0.2) is 0 Å². The third-order valence-electron chi connectivity index (χ3n) is 3.16. The van der Waals surface area contributed by atoms with Crippen LogP contribution < -0.4 is 4.90 Å². The molecule has 1 aromatic rings. The van der Waals surface area contributed by atoms with Gasteiger partial charge in [-0.3, -0.25) is 10.1 Å². The summed E-state index contributed by atoms with van der Waals surface area (Å²) in [6.07, 6.45) is 1.01. The van der Waals surface area contributed by atoms with Gasteiger partial charge in [0, 0.05) is 18.3 Å². The minimum absolute atomic E-state index is 0.167. The summed E-state index contributed by atoms with van der Waals surface area (Å²) in [5, 5.41) is 10.8. The van der Waals surface area contributed by atoms with Crippen molar-refractivity contribution < 1.29 is 9.66 Å². The molecule has 1 fully saturated rings. The van der Waals surface area contributed by atoms with Gasteiger partial charge in [-0.2, -0.15) is 0 Å². The van der Waals surface area contributed by atoms with Crippen molar-refractivity contribution in [3.05, 3.63) is 31.9 Å². The summed E-state index contributed by atoms with van der Waals surface area (Å²) >= 11 is 2.02. The highest BCUT2D eigenvalue weighted by Gasteiger charge is 2.23. The highest BCUT2D eigenvalue weighted by Crippen LogP contribution is 2.28. The molecular weight excluding hydrogens is 347 g/mol. The van der Waals surface area contributed by atoms with E-state index in [4.69, 9.17) is 4.74 Å². The maximum atomic E-state index is 10.8. The molecule has 6 heteroatoms. The Bertz CT molecular complexity index is 453. The van der Waals surface area contributed by atoms with Gasteiger partial charge >= 0.3 is 0 Å². The van der Waals surface area contributed by atoms with Gasteiger partial charge in [-0.15, -0.1) is 0 Å². The standard InChI is InChI=1S/C12H15IN2O3/c1-2-9-8-18-6-5-14(9)10-3-4-12(15(16)17)11(13)7-10/h3-4,7,9H,2,5-6,8H2,1H3. The molecule has 0 spiro atoms. The van der Waals surface area contributed by atoms with Crippen LogP contribution >= 0.6 is 22.6 Å². The number of nitro groups is 1. The Kier molecular flexibility index (Phi) is 4.39. The fourth-order valence-corrected chi connectivity index (χ4v) is 2.85. The van der Waals surface area contributed by atoms with Crippen LogP contribution in [0.4, 0.5) is 11.4 Å². The molecule has 1 aromatic carbocycles. The second-order valence-electron chi connectivity index (χ2n) is 4.22. The fraction of sp³-hybridized carbons (Fsp3) is 0.500. The SMILES string of the molecule is CCC1COCCN1c1ccc([N+](=O)[O-])c(I)c1. The first-order chi connectivity index (χ1) is 8.63. The first-order valence-electron chi connectivity index (χ1n) is 5.91. The van der Waals surface area contributed by atoms with Crippen molar-refractivity contribution in [2.75, 3.05) is 24.7 Å². The largest absolute Gasteiger partial charge is 0.377 e. The van der Waals surface area contributed by atoms with Gasteiger partial charge in [0.25, 0.3) is 5.69 Å². The summed E-state index contributed by atoms with van der Waals surface area (Å²) in [5.41, 5.74) is 1.21. The minimum atomic E-state index is -0.345. The molecule has 5 nitrogen and oxygen atoms in total. The van der Waals surface area contributed by atoms with Crippen LogP contribution in [0.1, 0.15) is 13.3 Å². The third kappa shape index (κ3) is 2.74. The molecule has 1 aliphatic rings. The van der Waals surface area contributed by atoms with Gasteiger partial charge < -0.3 is 9.64 Å². The Hall–Kier alpha value is -0.890. The monoisotopic (exact) mass is 362 g/mol. The van der Waals surface area contributed by atoms with Crippen LogP contribution in [0.2, 0.25) is 0 Å². The van der Waals surface area contributed by atoms with Crippen LogP contribution in [0.5, 0.6) is 0 Å². The van der Waals surface area contributed by atoms with Crippen LogP contribution in [0.15, 0.2) is 18.2 Å². The summed E-state index contributed by atoms with van der Waals surface area (Å²) in [7, 11) is 0. The van der Waals surface area contributed by atoms with Crippen LogP contribution in [0.3, 0.4) is 0 Å². The molecule has 2 rings (SSSR count). The molecule has 0 aromatic heterocycles. The zero-order chi connectivity index (χ0) is 13.1. The lowest BCUT2D eigenvalue weighted by atomic mass is 10.1. The first kappa shape index (κ1) is 13.5. The zero-order valence-electron chi connectivity index (χ0n) is 10.1. The number of benzene rings is 1. The van der Waals surface area contributed by atoms with E-state index in [2.05, 4.69) is 11.8 Å². The zero-order valence-corrected chi connectivity index (χ0v) is 12.3. The number of morpholine rings is 1. The van der Waals surface area contributed by atoms with E-state index in [9.17, 15) is 10.1 Å². The lowest BCUT2D eigenvalue weighted by Crippen LogP contribution is -2.45. The number of hydrogen-bond donors (Lipinski definition) is 0. The highest BCUT2D eigenvalue weighted by atomic mass is 127. The lowest BCUT2D eigenvalue weighted by Gasteiger charge is -2.37. The van der Waals surface area contributed by atoms with Crippen molar-refractivity contribution in [1.82, 2.24) is 0 Å². The Morgan fingerprint density at radius 1 is 1.61 bits per heavy atom. The number of rotatable bonds is 3. The van der Waals surface area contributed by atoms with E-state index in [-0.39, 0.29) is 10.6 Å². The predicted molar refractivity (Wildman–Crippen MR) is 78.1 cm³/mol. The van der Waals surface area contributed by atoms with Crippen LogP contribution in [-0.2, 0) is 4.74 Å². The molecule has 1 saturated heterocycles. The van der Waals surface area contributed by atoms with Crippen molar-refractivity contribution in [2.45, 2.75) is 19.4 Å². The van der Waals surface area contributed by atoms with Gasteiger partial charge in [-0.1, -0.05) is 6.92 Å². The molecule has 0 bridgehead atoms. The highest BCUT2D eigenvalue weighted by molar-refractivity contribution is 14.1. The third-order valence-corrected chi connectivity index (χ3v) is 4.02. The van der Waals surface area contributed by atoms with Crippen molar-refractivity contribution in [2.24, 2.45) is 0 Å². The quantitative estimate of drug-likeness (QED) is 0.472. The molecule has 98 valence electrons. The van der Waals surface area contributed by atoms with E-state index >= 15 is 0 Å². The molecule has 18 heavy (non-hydrogen) atoms. The molecule has 1 aliphatic heterocycles. The average Bonchev–Trinajstić information content (AvgIpc) is 2.38. The van der Waals surface area contributed by atoms with E-state index in [1.165, 1.54) is 0 Å². The Morgan fingerprint density at radius 3 is 3.00 bits per heavy atom. The lowest BCUT2D eigenvalue weighted by molar-refractivity contribution is -0.385. The summed E-state index contributed by atoms with van der Waals surface area (Å²) < 4.78 is 6.14. The van der Waals surface area contributed by atoms with Crippen molar-refractivity contribution in [3.63, 3.8) is 0 Å².